The Kier molecular flexibility index (Phi) is 8.34. The van der Waals surface area contributed by atoms with Gasteiger partial charge in [0, 0.05) is 38.4 Å². The number of hydrogen-bond acceptors (Lipinski definition) is 8. The number of piperazine rings is 1. The normalized spacial score (nSPS) is 18.9. The number of carbonyl (C=O) groups is 1. The Morgan fingerprint density at radius 3 is 2.72 bits per heavy atom. The van der Waals surface area contributed by atoms with Gasteiger partial charge in [0.25, 0.3) is 5.56 Å². The number of rotatable bonds is 7. The highest BCUT2D eigenvalue weighted by Crippen LogP contribution is 2.34. The van der Waals surface area contributed by atoms with Crippen LogP contribution in [0.4, 0.5) is 32.0 Å². The molecular weight excluding hydrogens is 538 g/mol. The van der Waals surface area contributed by atoms with Crippen LogP contribution in [0, 0.1) is 0 Å². The van der Waals surface area contributed by atoms with Crippen molar-refractivity contribution in [3.8, 4) is 5.75 Å². The van der Waals surface area contributed by atoms with E-state index in [0.29, 0.717) is 31.9 Å². The van der Waals surface area contributed by atoms with Crippen LogP contribution in [0.15, 0.2) is 23.3 Å². The summed E-state index contributed by atoms with van der Waals surface area (Å²) in [5, 5.41) is 7.70. The van der Waals surface area contributed by atoms with Crippen molar-refractivity contribution in [3.05, 3.63) is 45.6 Å². The van der Waals surface area contributed by atoms with Crippen LogP contribution in [0.5, 0.6) is 5.75 Å². The second-order valence-electron chi connectivity index (χ2n) is 9.30. The molecule has 2 N–H and O–H groups in total. The lowest BCUT2D eigenvalue weighted by atomic mass is 10.1. The Bertz CT molecular complexity index is 1240. The molecule has 0 spiro atoms. The van der Waals surface area contributed by atoms with Gasteiger partial charge in [0.15, 0.2) is 0 Å². The van der Waals surface area contributed by atoms with E-state index in [1.807, 2.05) is 4.90 Å². The molecule has 1 amide bonds. The average molecular weight is 564 g/mol. The minimum absolute atomic E-state index is 0.0154. The molecule has 0 saturated carbocycles. The number of anilines is 1. The number of H-pyrrole nitrogens is 1. The van der Waals surface area contributed by atoms with Crippen LogP contribution in [-0.4, -0.2) is 82.4 Å². The summed E-state index contributed by atoms with van der Waals surface area (Å²) in [6.45, 7) is 3.12. The Labute approximate surface area is 218 Å². The summed E-state index contributed by atoms with van der Waals surface area (Å²) in [4.78, 5) is 31.9. The van der Waals surface area contributed by atoms with Crippen molar-refractivity contribution < 1.29 is 40.6 Å². The first-order chi connectivity index (χ1) is 18.3. The smallest absolute Gasteiger partial charge is 0.423 e. The van der Waals surface area contributed by atoms with Crippen molar-refractivity contribution in [1.82, 2.24) is 25.0 Å². The Morgan fingerprint density at radius 2 is 2.00 bits per heavy atom. The molecule has 39 heavy (non-hydrogen) atoms. The molecule has 4 rings (SSSR count). The first-order valence-electron chi connectivity index (χ1n) is 12.0. The number of alkyl halides is 6. The third-order valence-electron chi connectivity index (χ3n) is 6.37. The SMILES string of the molecule is C[C@@H](COCCC(=O)N1CCN2Cc3ncc(C(F)(F)F)cc3OC[C@@H]2C1)Nc1cn[nH]c(=O)c1C(F)(F)F. The molecular formula is C23H26F6N6O4. The zero-order valence-electron chi connectivity index (χ0n) is 20.7. The number of fused-ring (bicyclic) bond motifs is 2. The molecule has 2 aliphatic heterocycles. The average Bonchev–Trinajstić information content (AvgIpc) is 3.03. The summed E-state index contributed by atoms with van der Waals surface area (Å²) < 4.78 is 89.6. The highest BCUT2D eigenvalue weighted by atomic mass is 19.4. The molecule has 16 heteroatoms. The number of ether oxygens (including phenoxy) is 2. The van der Waals surface area contributed by atoms with Gasteiger partial charge in [-0.15, -0.1) is 0 Å². The van der Waals surface area contributed by atoms with Gasteiger partial charge in [-0.05, 0) is 13.0 Å². The third-order valence-corrected chi connectivity index (χ3v) is 6.37. The Balaban J connectivity index is 1.24. The van der Waals surface area contributed by atoms with E-state index in [-0.39, 0.29) is 43.9 Å². The summed E-state index contributed by atoms with van der Waals surface area (Å²) in [5.41, 5.74) is -3.72. The maximum atomic E-state index is 13.2. The first kappa shape index (κ1) is 28.6. The lowest BCUT2D eigenvalue weighted by molar-refractivity contribution is -0.138. The van der Waals surface area contributed by atoms with Crippen LogP contribution in [-0.2, 0) is 28.4 Å². The van der Waals surface area contributed by atoms with Crippen molar-refractivity contribution in [3.63, 3.8) is 0 Å². The molecule has 214 valence electrons. The Morgan fingerprint density at radius 1 is 1.23 bits per heavy atom. The quantitative estimate of drug-likeness (QED) is 0.390. The molecule has 2 aliphatic rings. The van der Waals surface area contributed by atoms with E-state index in [0.717, 1.165) is 18.5 Å². The van der Waals surface area contributed by atoms with Gasteiger partial charge in [-0.25, -0.2) is 5.10 Å². The van der Waals surface area contributed by atoms with Crippen LogP contribution in [0.3, 0.4) is 0 Å². The molecule has 0 radical (unpaired) electrons. The van der Waals surface area contributed by atoms with Crippen LogP contribution in [0.25, 0.3) is 0 Å². The number of hydrogen-bond donors (Lipinski definition) is 2. The number of amides is 1. The number of nitrogens with one attached hydrogen (secondary N) is 2. The highest BCUT2D eigenvalue weighted by Gasteiger charge is 2.38. The summed E-state index contributed by atoms with van der Waals surface area (Å²) >= 11 is 0. The molecule has 0 unspecified atom stereocenters. The van der Waals surface area contributed by atoms with Gasteiger partial charge < -0.3 is 19.7 Å². The van der Waals surface area contributed by atoms with Gasteiger partial charge in [-0.3, -0.25) is 19.5 Å². The second kappa shape index (κ2) is 11.4. The predicted molar refractivity (Wildman–Crippen MR) is 124 cm³/mol. The number of aromatic nitrogens is 3. The number of carbonyl (C=O) groups excluding carboxylic acids is 1. The topological polar surface area (TPSA) is 113 Å². The van der Waals surface area contributed by atoms with E-state index in [1.54, 1.807) is 16.9 Å². The first-order valence-corrected chi connectivity index (χ1v) is 12.0. The minimum Gasteiger partial charge on any atom is -0.490 e. The monoisotopic (exact) mass is 564 g/mol. The van der Waals surface area contributed by atoms with E-state index in [2.05, 4.69) is 15.4 Å². The number of pyridine rings is 1. The second-order valence-corrected chi connectivity index (χ2v) is 9.30. The predicted octanol–water partition coefficient (Wildman–Crippen LogP) is 2.51. The third kappa shape index (κ3) is 6.98. The van der Waals surface area contributed by atoms with Gasteiger partial charge in [-0.2, -0.15) is 31.4 Å². The van der Waals surface area contributed by atoms with Crippen molar-refractivity contribution in [2.75, 3.05) is 44.8 Å². The van der Waals surface area contributed by atoms with E-state index in [4.69, 9.17) is 9.47 Å². The van der Waals surface area contributed by atoms with E-state index in [9.17, 15) is 35.9 Å². The van der Waals surface area contributed by atoms with Crippen LogP contribution < -0.4 is 15.6 Å². The fourth-order valence-electron chi connectivity index (χ4n) is 4.41. The summed E-state index contributed by atoms with van der Waals surface area (Å²) in [7, 11) is 0. The summed E-state index contributed by atoms with van der Waals surface area (Å²) in [6, 6.07) is 0.0825. The zero-order valence-corrected chi connectivity index (χ0v) is 20.7. The molecule has 1 fully saturated rings. The summed E-state index contributed by atoms with van der Waals surface area (Å²) in [6.07, 6.45) is -7.73. The van der Waals surface area contributed by atoms with Crippen LogP contribution in [0.1, 0.15) is 30.2 Å². The maximum absolute atomic E-state index is 13.2. The number of nitrogens with zero attached hydrogens (tertiary/aromatic N) is 4. The number of aromatic amines is 1. The van der Waals surface area contributed by atoms with Crippen molar-refractivity contribution in [2.24, 2.45) is 0 Å². The largest absolute Gasteiger partial charge is 0.490 e. The molecule has 10 nitrogen and oxygen atoms in total. The molecule has 1 saturated heterocycles. The van der Waals surface area contributed by atoms with E-state index < -0.39 is 40.8 Å². The van der Waals surface area contributed by atoms with Crippen molar-refractivity contribution in [1.29, 1.82) is 0 Å². The van der Waals surface area contributed by atoms with Crippen LogP contribution in [0.2, 0.25) is 0 Å². The molecule has 2 aromatic heterocycles. The molecule has 0 aliphatic carbocycles. The lowest BCUT2D eigenvalue weighted by Crippen LogP contribution is -2.55. The van der Waals surface area contributed by atoms with Crippen molar-refractivity contribution in [2.45, 2.75) is 44.3 Å². The molecule has 2 aromatic rings. The lowest BCUT2D eigenvalue weighted by Gasteiger charge is -2.39. The molecule has 2 atom stereocenters. The highest BCUT2D eigenvalue weighted by molar-refractivity contribution is 5.76. The summed E-state index contributed by atoms with van der Waals surface area (Å²) in [5.74, 6) is -0.126. The fraction of sp³-hybridized carbons (Fsp3) is 0.565. The minimum atomic E-state index is -4.87. The fourth-order valence-corrected chi connectivity index (χ4v) is 4.41. The molecule has 4 heterocycles. The standard InChI is InChI=1S/C23H26F6N6O4/c1-13(32-16-8-31-33-21(37)20(16)23(27,28)29)11-38-5-2-19(36)35-4-3-34-10-17-18(39-12-15(34)9-35)6-14(7-30-17)22(24,25)26/h6-8,13,15H,2-5,9-12H2,1H3,(H2,32,33,37)/t13-,15-/m0/s1. The van der Waals surface area contributed by atoms with Gasteiger partial charge in [-0.1, -0.05) is 0 Å². The van der Waals surface area contributed by atoms with Gasteiger partial charge >= 0.3 is 12.4 Å². The number of halogens is 6. The van der Waals surface area contributed by atoms with Gasteiger partial charge in [0.2, 0.25) is 5.91 Å². The van der Waals surface area contributed by atoms with E-state index in [1.165, 1.54) is 0 Å². The zero-order chi connectivity index (χ0) is 28.4. The van der Waals surface area contributed by atoms with Gasteiger partial charge in [0.1, 0.15) is 17.9 Å². The van der Waals surface area contributed by atoms with Gasteiger partial charge in [0.05, 0.1) is 48.8 Å². The van der Waals surface area contributed by atoms with Crippen molar-refractivity contribution >= 4 is 11.6 Å². The van der Waals surface area contributed by atoms with E-state index >= 15 is 0 Å². The maximum Gasteiger partial charge on any atom is 0.423 e. The van der Waals surface area contributed by atoms with Crippen LogP contribution >= 0.6 is 0 Å². The Hall–Kier alpha value is -3.40. The molecule has 0 aromatic carbocycles. The molecule has 0 bridgehead atoms.